The lowest BCUT2D eigenvalue weighted by atomic mass is 10.0. The summed E-state index contributed by atoms with van der Waals surface area (Å²) in [5.74, 6) is 2.08. The number of pyridine rings is 1. The summed E-state index contributed by atoms with van der Waals surface area (Å²) in [6.07, 6.45) is 5.58. The van der Waals surface area contributed by atoms with Gasteiger partial charge < -0.3 is 0 Å². The lowest BCUT2D eigenvalue weighted by molar-refractivity contribution is 0.0951. The summed E-state index contributed by atoms with van der Waals surface area (Å²) in [4.78, 5) is 16.3. The average molecular weight is 201 g/mol. The van der Waals surface area contributed by atoms with Crippen molar-refractivity contribution in [3.63, 3.8) is 0 Å². The number of nitrogens with zero attached hydrogens (tertiary/aromatic N) is 1. The minimum absolute atomic E-state index is 0.331. The number of rotatable bonds is 2. The predicted octanol–water partition coefficient (Wildman–Crippen LogP) is 2.62. The molecule has 2 unspecified atom stereocenters. The van der Waals surface area contributed by atoms with E-state index in [4.69, 9.17) is 0 Å². The normalized spacial score (nSPS) is 32.5. The third-order valence-electron chi connectivity index (χ3n) is 3.91. The third kappa shape index (κ3) is 1.39. The molecular formula is C13H15NO. The molecule has 15 heavy (non-hydrogen) atoms. The van der Waals surface area contributed by atoms with Crippen molar-refractivity contribution in [1.82, 2.24) is 4.98 Å². The molecule has 0 amide bonds. The van der Waals surface area contributed by atoms with E-state index in [1.54, 1.807) is 6.20 Å². The first kappa shape index (κ1) is 9.08. The van der Waals surface area contributed by atoms with Crippen molar-refractivity contribution >= 4 is 5.78 Å². The van der Waals surface area contributed by atoms with E-state index in [9.17, 15) is 4.79 Å². The summed E-state index contributed by atoms with van der Waals surface area (Å²) >= 11 is 0. The van der Waals surface area contributed by atoms with Crippen LogP contribution in [0.5, 0.6) is 0 Å². The minimum atomic E-state index is 0.331. The van der Waals surface area contributed by atoms with E-state index >= 15 is 0 Å². The molecule has 2 fully saturated rings. The Morgan fingerprint density at radius 2 is 2.07 bits per heavy atom. The van der Waals surface area contributed by atoms with Crippen molar-refractivity contribution in [3.8, 4) is 0 Å². The number of fused-ring (bicyclic) bond motifs is 1. The van der Waals surface area contributed by atoms with Crippen LogP contribution in [-0.2, 0) is 0 Å². The van der Waals surface area contributed by atoms with Gasteiger partial charge in [0.05, 0.1) is 0 Å². The molecule has 78 valence electrons. The van der Waals surface area contributed by atoms with Crippen LogP contribution in [0.1, 0.15) is 35.3 Å². The second kappa shape index (κ2) is 3.16. The van der Waals surface area contributed by atoms with E-state index in [0.717, 1.165) is 11.3 Å². The highest BCUT2D eigenvalue weighted by molar-refractivity contribution is 5.99. The minimum Gasteiger partial charge on any atom is -0.294 e. The van der Waals surface area contributed by atoms with E-state index in [1.807, 2.05) is 19.1 Å². The van der Waals surface area contributed by atoms with E-state index < -0.39 is 0 Å². The molecule has 0 spiro atoms. The molecular weight excluding hydrogens is 186 g/mol. The molecule has 0 N–H and O–H groups in total. The molecule has 2 nitrogen and oxygen atoms in total. The van der Waals surface area contributed by atoms with Gasteiger partial charge in [-0.3, -0.25) is 9.78 Å². The Labute approximate surface area is 89.7 Å². The Balaban J connectivity index is 1.78. The van der Waals surface area contributed by atoms with Crippen LogP contribution in [0.4, 0.5) is 0 Å². The zero-order valence-electron chi connectivity index (χ0n) is 8.94. The van der Waals surface area contributed by atoms with Gasteiger partial charge in [-0.25, -0.2) is 0 Å². The Kier molecular flexibility index (Phi) is 1.91. The maximum absolute atomic E-state index is 12.1. The van der Waals surface area contributed by atoms with E-state index in [2.05, 4.69) is 4.98 Å². The Bertz CT molecular complexity index is 386. The Hall–Kier alpha value is -1.18. The van der Waals surface area contributed by atoms with Crippen molar-refractivity contribution in [2.45, 2.75) is 26.2 Å². The summed E-state index contributed by atoms with van der Waals surface area (Å²) < 4.78 is 0. The van der Waals surface area contributed by atoms with Gasteiger partial charge in [0, 0.05) is 23.4 Å². The first-order valence-corrected chi connectivity index (χ1v) is 5.74. The first-order valence-electron chi connectivity index (χ1n) is 5.74. The van der Waals surface area contributed by atoms with Gasteiger partial charge in [0.2, 0.25) is 0 Å². The standard InChI is InChI=1S/C13H15NO/c1-8-5-6-9(7-14-8)13(15)12-10-3-2-4-11(10)12/h5-7,10-12H,2-4H2,1H3. The molecule has 3 rings (SSSR count). The SMILES string of the molecule is Cc1ccc(C(=O)C2C3CCCC32)cn1. The maximum Gasteiger partial charge on any atom is 0.168 e. The molecule has 0 aliphatic heterocycles. The van der Waals surface area contributed by atoms with Crippen LogP contribution < -0.4 is 0 Å². The van der Waals surface area contributed by atoms with Crippen molar-refractivity contribution < 1.29 is 4.79 Å². The topological polar surface area (TPSA) is 30.0 Å². The summed E-state index contributed by atoms with van der Waals surface area (Å²) in [6, 6.07) is 3.84. The van der Waals surface area contributed by atoms with Crippen molar-refractivity contribution in [2.24, 2.45) is 17.8 Å². The highest BCUT2D eigenvalue weighted by Gasteiger charge is 2.56. The molecule has 2 aliphatic carbocycles. The molecule has 1 aromatic rings. The number of carbonyl (C=O) groups excluding carboxylic acids is 1. The lowest BCUT2D eigenvalue weighted by Crippen LogP contribution is -2.06. The number of hydrogen-bond acceptors (Lipinski definition) is 2. The van der Waals surface area contributed by atoms with Crippen LogP contribution in [0.15, 0.2) is 18.3 Å². The largest absolute Gasteiger partial charge is 0.294 e. The first-order chi connectivity index (χ1) is 7.27. The van der Waals surface area contributed by atoms with Gasteiger partial charge in [0.25, 0.3) is 0 Å². The van der Waals surface area contributed by atoms with Gasteiger partial charge in [-0.2, -0.15) is 0 Å². The fourth-order valence-electron chi connectivity index (χ4n) is 3.02. The second-order valence-electron chi connectivity index (χ2n) is 4.84. The van der Waals surface area contributed by atoms with Crippen LogP contribution >= 0.6 is 0 Å². The van der Waals surface area contributed by atoms with Crippen LogP contribution in [0.25, 0.3) is 0 Å². The van der Waals surface area contributed by atoms with Gasteiger partial charge in [-0.15, -0.1) is 0 Å². The number of ketones is 1. The van der Waals surface area contributed by atoms with Gasteiger partial charge in [0.1, 0.15) is 0 Å². The van der Waals surface area contributed by atoms with Crippen LogP contribution in [0.3, 0.4) is 0 Å². The number of aryl methyl sites for hydroxylation is 1. The molecule has 0 saturated heterocycles. The number of carbonyl (C=O) groups is 1. The molecule has 0 aromatic carbocycles. The molecule has 1 aromatic heterocycles. The van der Waals surface area contributed by atoms with Crippen molar-refractivity contribution in [1.29, 1.82) is 0 Å². The van der Waals surface area contributed by atoms with Gasteiger partial charge in [-0.1, -0.05) is 6.42 Å². The zero-order valence-corrected chi connectivity index (χ0v) is 8.94. The summed E-state index contributed by atoms with van der Waals surface area (Å²) in [6.45, 7) is 1.94. The third-order valence-corrected chi connectivity index (χ3v) is 3.91. The summed E-state index contributed by atoms with van der Waals surface area (Å²) in [5, 5.41) is 0. The molecule has 0 radical (unpaired) electrons. The number of aromatic nitrogens is 1. The average Bonchev–Trinajstić information content (AvgIpc) is 2.72. The Morgan fingerprint density at radius 3 is 2.67 bits per heavy atom. The molecule has 2 saturated carbocycles. The number of hydrogen-bond donors (Lipinski definition) is 0. The van der Waals surface area contributed by atoms with E-state index in [0.29, 0.717) is 23.5 Å². The smallest absolute Gasteiger partial charge is 0.168 e. The monoisotopic (exact) mass is 201 g/mol. The second-order valence-corrected chi connectivity index (χ2v) is 4.84. The van der Waals surface area contributed by atoms with Crippen molar-refractivity contribution in [3.05, 3.63) is 29.6 Å². The van der Waals surface area contributed by atoms with Gasteiger partial charge >= 0.3 is 0 Å². The van der Waals surface area contributed by atoms with Crippen LogP contribution in [0, 0.1) is 24.7 Å². The lowest BCUT2D eigenvalue weighted by Gasteiger charge is -2.02. The van der Waals surface area contributed by atoms with E-state index in [1.165, 1.54) is 19.3 Å². The molecule has 1 heterocycles. The van der Waals surface area contributed by atoms with Gasteiger partial charge in [-0.05, 0) is 43.7 Å². The zero-order chi connectivity index (χ0) is 10.4. The molecule has 0 bridgehead atoms. The molecule has 2 atom stereocenters. The quantitative estimate of drug-likeness (QED) is 0.688. The molecule has 2 aliphatic rings. The van der Waals surface area contributed by atoms with Gasteiger partial charge in [0.15, 0.2) is 5.78 Å². The van der Waals surface area contributed by atoms with Crippen molar-refractivity contribution in [2.75, 3.05) is 0 Å². The van der Waals surface area contributed by atoms with E-state index in [-0.39, 0.29) is 0 Å². The fraction of sp³-hybridized carbons (Fsp3) is 0.538. The Morgan fingerprint density at radius 1 is 1.33 bits per heavy atom. The predicted molar refractivity (Wildman–Crippen MR) is 57.6 cm³/mol. The molecule has 2 heteroatoms. The number of Topliss-reactive ketones (excluding diaryl/α,β-unsaturated/α-hetero) is 1. The highest BCUT2D eigenvalue weighted by atomic mass is 16.1. The maximum atomic E-state index is 12.1. The van der Waals surface area contributed by atoms with Crippen LogP contribution in [-0.4, -0.2) is 10.8 Å². The summed E-state index contributed by atoms with van der Waals surface area (Å²) in [5.41, 5.74) is 1.78. The fourth-order valence-corrected chi connectivity index (χ4v) is 3.02. The summed E-state index contributed by atoms with van der Waals surface area (Å²) in [7, 11) is 0. The van der Waals surface area contributed by atoms with Crippen LogP contribution in [0.2, 0.25) is 0 Å². The highest BCUT2D eigenvalue weighted by Crippen LogP contribution is 2.58.